The van der Waals surface area contributed by atoms with Gasteiger partial charge in [0.1, 0.15) is 11.5 Å². The summed E-state index contributed by atoms with van der Waals surface area (Å²) in [5, 5.41) is 0. The number of hydrogen-bond donors (Lipinski definition) is 0. The van der Waals surface area contributed by atoms with E-state index < -0.39 is 0 Å². The predicted molar refractivity (Wildman–Crippen MR) is 39.4 cm³/mol. The van der Waals surface area contributed by atoms with Crippen LogP contribution in [-0.4, -0.2) is 16.3 Å². The summed E-state index contributed by atoms with van der Waals surface area (Å²) >= 11 is 0. The predicted octanol–water partition coefficient (Wildman–Crippen LogP) is 1.17. The first kappa shape index (κ1) is 6.46. The summed E-state index contributed by atoms with van der Waals surface area (Å²) in [4.78, 5) is 18.5. The minimum atomic E-state index is 0.488. The average Bonchev–Trinajstić information content (AvgIpc) is 2.87. The van der Waals surface area contributed by atoms with E-state index in [2.05, 4.69) is 9.97 Å². The molecule has 11 heavy (non-hydrogen) atoms. The molecule has 3 nitrogen and oxygen atoms in total. The van der Waals surface area contributed by atoms with E-state index in [1.807, 2.05) is 0 Å². The number of carbonyl (C=O) groups is 1. The number of aromatic nitrogens is 2. The van der Waals surface area contributed by atoms with Crippen molar-refractivity contribution in [1.82, 2.24) is 9.97 Å². The summed E-state index contributed by atoms with van der Waals surface area (Å²) in [6.45, 7) is 0. The van der Waals surface area contributed by atoms with Crippen molar-refractivity contribution >= 4 is 6.29 Å². The summed E-state index contributed by atoms with van der Waals surface area (Å²) in [6, 6.07) is 1.62. The van der Waals surface area contributed by atoms with E-state index in [1.165, 1.54) is 12.8 Å². The van der Waals surface area contributed by atoms with Gasteiger partial charge in [-0.3, -0.25) is 4.79 Å². The Hall–Kier alpha value is -1.25. The van der Waals surface area contributed by atoms with Crippen LogP contribution in [0.25, 0.3) is 0 Å². The summed E-state index contributed by atoms with van der Waals surface area (Å²) in [7, 11) is 0. The van der Waals surface area contributed by atoms with Crippen LogP contribution < -0.4 is 0 Å². The molecule has 56 valence electrons. The third-order valence-electron chi connectivity index (χ3n) is 1.76. The van der Waals surface area contributed by atoms with Crippen LogP contribution in [0.1, 0.15) is 35.1 Å². The molecule has 0 aromatic carbocycles. The van der Waals surface area contributed by atoms with Gasteiger partial charge in [0.15, 0.2) is 6.29 Å². The lowest BCUT2D eigenvalue weighted by Gasteiger charge is -1.94. The van der Waals surface area contributed by atoms with Crippen LogP contribution in [-0.2, 0) is 0 Å². The minimum Gasteiger partial charge on any atom is -0.296 e. The number of hydrogen-bond acceptors (Lipinski definition) is 3. The van der Waals surface area contributed by atoms with Crippen LogP contribution in [0.2, 0.25) is 0 Å². The van der Waals surface area contributed by atoms with E-state index in [0.29, 0.717) is 11.6 Å². The van der Waals surface area contributed by atoms with Gasteiger partial charge < -0.3 is 0 Å². The highest BCUT2D eigenvalue weighted by atomic mass is 16.1. The quantitative estimate of drug-likeness (QED) is 0.591. The number of rotatable bonds is 2. The normalized spacial score (nSPS) is 16.4. The highest BCUT2D eigenvalue weighted by molar-refractivity contribution is 5.71. The zero-order valence-corrected chi connectivity index (χ0v) is 6.03. The smallest absolute Gasteiger partial charge is 0.168 e. The molecule has 1 heterocycles. The first-order valence-electron chi connectivity index (χ1n) is 3.68. The molecule has 1 aliphatic rings. The fraction of sp³-hybridized carbons (Fsp3) is 0.375. The Labute approximate surface area is 64.5 Å². The fourth-order valence-electron chi connectivity index (χ4n) is 0.992. The maximum atomic E-state index is 10.3. The largest absolute Gasteiger partial charge is 0.296 e. The van der Waals surface area contributed by atoms with Gasteiger partial charge in [-0.25, -0.2) is 9.97 Å². The fourth-order valence-corrected chi connectivity index (χ4v) is 0.992. The van der Waals surface area contributed by atoms with Crippen molar-refractivity contribution in [2.24, 2.45) is 0 Å². The van der Waals surface area contributed by atoms with Crippen LogP contribution in [0, 0.1) is 0 Å². The van der Waals surface area contributed by atoms with Gasteiger partial charge in [0.2, 0.25) is 0 Å². The molecule has 3 heteroatoms. The van der Waals surface area contributed by atoms with Crippen LogP contribution in [0.15, 0.2) is 12.3 Å². The molecule has 1 aromatic rings. The average molecular weight is 148 g/mol. The summed E-state index contributed by atoms with van der Waals surface area (Å²) in [5.41, 5.74) is 0.488. The standard InChI is InChI=1S/C8H8N2O/c11-5-7-3-4-9-8(10-7)6-1-2-6/h3-6H,1-2H2. The molecule has 0 N–H and O–H groups in total. The van der Waals surface area contributed by atoms with Crippen molar-refractivity contribution in [2.45, 2.75) is 18.8 Å². The lowest BCUT2D eigenvalue weighted by Crippen LogP contribution is -1.95. The molecule has 0 bridgehead atoms. The molecule has 0 saturated heterocycles. The van der Waals surface area contributed by atoms with Gasteiger partial charge in [-0.2, -0.15) is 0 Å². The maximum absolute atomic E-state index is 10.3. The molecule has 1 aromatic heterocycles. The molecule has 2 rings (SSSR count). The zero-order valence-electron chi connectivity index (χ0n) is 6.03. The van der Waals surface area contributed by atoms with Crippen molar-refractivity contribution in [3.05, 3.63) is 23.8 Å². The van der Waals surface area contributed by atoms with Crippen LogP contribution in [0.4, 0.5) is 0 Å². The molecule has 0 atom stereocenters. The Balaban J connectivity index is 2.33. The minimum absolute atomic E-state index is 0.488. The third-order valence-corrected chi connectivity index (χ3v) is 1.76. The molecular weight excluding hydrogens is 140 g/mol. The SMILES string of the molecule is O=Cc1ccnc(C2CC2)n1. The summed E-state index contributed by atoms with van der Waals surface area (Å²) in [5.74, 6) is 1.35. The van der Waals surface area contributed by atoms with Gasteiger partial charge in [0.05, 0.1) is 0 Å². The van der Waals surface area contributed by atoms with Crippen molar-refractivity contribution in [1.29, 1.82) is 0 Å². The van der Waals surface area contributed by atoms with Crippen molar-refractivity contribution in [2.75, 3.05) is 0 Å². The monoisotopic (exact) mass is 148 g/mol. The van der Waals surface area contributed by atoms with Crippen LogP contribution in [0.5, 0.6) is 0 Å². The van der Waals surface area contributed by atoms with Gasteiger partial charge in [-0.15, -0.1) is 0 Å². The van der Waals surface area contributed by atoms with Crippen LogP contribution in [0.3, 0.4) is 0 Å². The molecule has 0 radical (unpaired) electrons. The highest BCUT2D eigenvalue weighted by Crippen LogP contribution is 2.37. The topological polar surface area (TPSA) is 42.9 Å². The lowest BCUT2D eigenvalue weighted by atomic mass is 10.3. The zero-order chi connectivity index (χ0) is 7.68. The van der Waals surface area contributed by atoms with Gasteiger partial charge in [-0.1, -0.05) is 0 Å². The molecule has 0 aliphatic heterocycles. The number of carbonyl (C=O) groups excluding carboxylic acids is 1. The summed E-state index contributed by atoms with van der Waals surface area (Å²) < 4.78 is 0. The molecule has 0 unspecified atom stereocenters. The Bertz CT molecular complexity index is 281. The highest BCUT2D eigenvalue weighted by Gasteiger charge is 2.26. The van der Waals surface area contributed by atoms with Crippen molar-refractivity contribution in [3.8, 4) is 0 Å². The molecule has 0 amide bonds. The van der Waals surface area contributed by atoms with Crippen LogP contribution >= 0.6 is 0 Å². The van der Waals surface area contributed by atoms with Gasteiger partial charge in [-0.05, 0) is 18.9 Å². The lowest BCUT2D eigenvalue weighted by molar-refractivity contribution is 0.111. The van der Waals surface area contributed by atoms with Crippen molar-refractivity contribution in [3.63, 3.8) is 0 Å². The third kappa shape index (κ3) is 1.27. The molecule has 1 fully saturated rings. The second kappa shape index (κ2) is 2.42. The molecule has 1 aliphatic carbocycles. The van der Waals surface area contributed by atoms with Gasteiger partial charge in [0.25, 0.3) is 0 Å². The molecule has 1 saturated carbocycles. The Morgan fingerprint density at radius 2 is 2.36 bits per heavy atom. The van der Waals surface area contributed by atoms with E-state index in [-0.39, 0.29) is 0 Å². The van der Waals surface area contributed by atoms with Gasteiger partial charge >= 0.3 is 0 Å². The number of aldehydes is 1. The van der Waals surface area contributed by atoms with E-state index in [9.17, 15) is 4.79 Å². The van der Waals surface area contributed by atoms with E-state index in [4.69, 9.17) is 0 Å². The first-order valence-corrected chi connectivity index (χ1v) is 3.68. The van der Waals surface area contributed by atoms with Gasteiger partial charge in [0, 0.05) is 12.1 Å². The maximum Gasteiger partial charge on any atom is 0.168 e. The van der Waals surface area contributed by atoms with Crippen molar-refractivity contribution < 1.29 is 4.79 Å². The van der Waals surface area contributed by atoms with E-state index >= 15 is 0 Å². The van der Waals surface area contributed by atoms with E-state index in [0.717, 1.165) is 12.1 Å². The second-order valence-corrected chi connectivity index (χ2v) is 2.73. The Morgan fingerprint density at radius 1 is 1.55 bits per heavy atom. The first-order chi connectivity index (χ1) is 5.40. The Kier molecular flexibility index (Phi) is 1.42. The molecular formula is C8H8N2O. The second-order valence-electron chi connectivity index (χ2n) is 2.73. The van der Waals surface area contributed by atoms with E-state index in [1.54, 1.807) is 12.3 Å². The number of nitrogens with zero attached hydrogens (tertiary/aromatic N) is 2. The Morgan fingerprint density at radius 3 is 3.00 bits per heavy atom. The molecule has 0 spiro atoms. The summed E-state index contributed by atoms with van der Waals surface area (Å²) in [6.07, 6.45) is 4.74.